The molecule has 0 spiro atoms. The van der Waals surface area contributed by atoms with Gasteiger partial charge >= 0.3 is 11.9 Å². The SMILES string of the molecule is CC(NC(=O)C(N)C(C)C)C(=O)NC(CCC(N)=O)C(=O)NC(CCC(=O)O)C(=O)O. The van der Waals surface area contributed by atoms with Crippen LogP contribution in [0.1, 0.15) is 46.5 Å². The summed E-state index contributed by atoms with van der Waals surface area (Å²) in [5, 5.41) is 24.7. The van der Waals surface area contributed by atoms with Crippen molar-refractivity contribution in [3.63, 3.8) is 0 Å². The van der Waals surface area contributed by atoms with Gasteiger partial charge in [-0.25, -0.2) is 4.79 Å². The number of primary amides is 1. The highest BCUT2D eigenvalue weighted by Gasteiger charge is 2.29. The van der Waals surface area contributed by atoms with Crippen LogP contribution in [0.2, 0.25) is 0 Å². The fourth-order valence-electron chi connectivity index (χ4n) is 2.33. The van der Waals surface area contributed by atoms with Crippen LogP contribution in [-0.4, -0.2) is 69.9 Å². The van der Waals surface area contributed by atoms with E-state index in [-0.39, 0.29) is 25.2 Å². The number of amides is 4. The molecule has 0 aromatic heterocycles. The molecule has 0 fully saturated rings. The van der Waals surface area contributed by atoms with Crippen molar-refractivity contribution >= 4 is 35.6 Å². The summed E-state index contributed by atoms with van der Waals surface area (Å²) in [7, 11) is 0. The maximum absolute atomic E-state index is 12.5. The number of nitrogens with one attached hydrogen (secondary N) is 3. The van der Waals surface area contributed by atoms with Crippen molar-refractivity contribution < 1.29 is 39.0 Å². The van der Waals surface area contributed by atoms with Crippen molar-refractivity contribution in [2.24, 2.45) is 17.4 Å². The molecule has 0 aliphatic carbocycles. The summed E-state index contributed by atoms with van der Waals surface area (Å²) in [6, 6.07) is -4.79. The van der Waals surface area contributed by atoms with Crippen LogP contribution in [0, 0.1) is 5.92 Å². The number of carbonyl (C=O) groups excluding carboxylic acids is 4. The third-order valence-electron chi connectivity index (χ3n) is 4.35. The van der Waals surface area contributed by atoms with E-state index in [2.05, 4.69) is 16.0 Å². The van der Waals surface area contributed by atoms with E-state index in [0.29, 0.717) is 0 Å². The summed E-state index contributed by atoms with van der Waals surface area (Å²) in [5.74, 6) is -5.92. The first-order valence-corrected chi connectivity index (χ1v) is 9.65. The highest BCUT2D eigenvalue weighted by molar-refractivity contribution is 5.94. The molecule has 0 radical (unpaired) electrons. The summed E-state index contributed by atoms with van der Waals surface area (Å²) in [5.41, 5.74) is 10.8. The number of aliphatic carboxylic acids is 2. The highest BCUT2D eigenvalue weighted by Crippen LogP contribution is 2.04. The number of carboxylic acid groups (broad SMARTS) is 2. The van der Waals surface area contributed by atoms with Crippen molar-refractivity contribution in [1.29, 1.82) is 0 Å². The Hall–Kier alpha value is -3.22. The van der Waals surface area contributed by atoms with Crippen molar-refractivity contribution in [3.8, 4) is 0 Å². The third-order valence-corrected chi connectivity index (χ3v) is 4.35. The Morgan fingerprint density at radius 2 is 1.29 bits per heavy atom. The van der Waals surface area contributed by atoms with E-state index in [1.807, 2.05) is 0 Å². The number of nitrogens with two attached hydrogens (primary N) is 2. The lowest BCUT2D eigenvalue weighted by Gasteiger charge is -2.24. The molecule has 31 heavy (non-hydrogen) atoms. The first-order valence-electron chi connectivity index (χ1n) is 9.65. The first kappa shape index (κ1) is 27.8. The Morgan fingerprint density at radius 3 is 1.74 bits per heavy atom. The Bertz CT molecular complexity index is 696. The number of hydrogen-bond acceptors (Lipinski definition) is 7. The van der Waals surface area contributed by atoms with Gasteiger partial charge in [-0.1, -0.05) is 13.8 Å². The number of rotatable bonds is 14. The number of carboxylic acids is 2. The summed E-state index contributed by atoms with van der Waals surface area (Å²) >= 11 is 0. The normalized spacial score (nSPS) is 14.6. The maximum atomic E-state index is 12.5. The quantitative estimate of drug-likeness (QED) is 0.151. The zero-order valence-electron chi connectivity index (χ0n) is 17.7. The molecule has 0 aliphatic heterocycles. The average molecular weight is 445 g/mol. The van der Waals surface area contributed by atoms with Crippen molar-refractivity contribution in [3.05, 3.63) is 0 Å². The molecular weight excluding hydrogens is 414 g/mol. The zero-order chi connectivity index (χ0) is 24.3. The van der Waals surface area contributed by atoms with Gasteiger partial charge in [0.15, 0.2) is 0 Å². The topological polar surface area (TPSA) is 231 Å². The molecule has 0 aromatic carbocycles. The van der Waals surface area contributed by atoms with Gasteiger partial charge in [0.25, 0.3) is 0 Å². The van der Waals surface area contributed by atoms with E-state index in [1.54, 1.807) is 13.8 Å². The minimum absolute atomic E-state index is 0.178. The van der Waals surface area contributed by atoms with Gasteiger partial charge in [-0.15, -0.1) is 0 Å². The molecule has 13 nitrogen and oxygen atoms in total. The molecule has 4 atom stereocenters. The molecule has 13 heteroatoms. The first-order chi connectivity index (χ1) is 14.3. The summed E-state index contributed by atoms with van der Waals surface area (Å²) in [4.78, 5) is 69.9. The van der Waals surface area contributed by atoms with Crippen LogP contribution in [-0.2, 0) is 28.8 Å². The van der Waals surface area contributed by atoms with Gasteiger partial charge in [0.1, 0.15) is 18.1 Å². The molecule has 0 aliphatic rings. The molecule has 0 bridgehead atoms. The van der Waals surface area contributed by atoms with Crippen molar-refractivity contribution in [2.75, 3.05) is 0 Å². The number of hydrogen-bond donors (Lipinski definition) is 7. The van der Waals surface area contributed by atoms with Gasteiger partial charge in [0.2, 0.25) is 23.6 Å². The monoisotopic (exact) mass is 445 g/mol. The molecule has 176 valence electrons. The van der Waals surface area contributed by atoms with E-state index >= 15 is 0 Å². The highest BCUT2D eigenvalue weighted by atomic mass is 16.4. The van der Waals surface area contributed by atoms with Crippen LogP contribution in [0.25, 0.3) is 0 Å². The van der Waals surface area contributed by atoms with Gasteiger partial charge in [-0.05, 0) is 25.7 Å². The van der Waals surface area contributed by atoms with E-state index < -0.39 is 66.2 Å². The molecule has 4 unspecified atom stereocenters. The van der Waals surface area contributed by atoms with Crippen molar-refractivity contribution in [2.45, 2.75) is 70.6 Å². The standard InChI is InChI=1S/C18H31N5O8/c1-8(2)14(20)17(29)21-9(3)15(27)22-10(4-6-12(19)24)16(28)23-11(18(30)31)5-7-13(25)26/h8-11,14H,4-7,20H2,1-3H3,(H2,19,24)(H,21,29)(H,22,27)(H,23,28)(H,25,26)(H,30,31). The fourth-order valence-corrected chi connectivity index (χ4v) is 2.33. The van der Waals surface area contributed by atoms with Crippen LogP contribution in [0.15, 0.2) is 0 Å². The summed E-state index contributed by atoms with van der Waals surface area (Å²) < 4.78 is 0. The number of carbonyl (C=O) groups is 6. The predicted octanol–water partition coefficient (Wildman–Crippen LogP) is -2.34. The smallest absolute Gasteiger partial charge is 0.326 e. The zero-order valence-corrected chi connectivity index (χ0v) is 17.7. The molecule has 9 N–H and O–H groups in total. The van der Waals surface area contributed by atoms with Crippen LogP contribution in [0.5, 0.6) is 0 Å². The van der Waals surface area contributed by atoms with Gasteiger partial charge in [0.05, 0.1) is 6.04 Å². The van der Waals surface area contributed by atoms with Gasteiger partial charge < -0.3 is 37.6 Å². The molecule has 0 aromatic rings. The fraction of sp³-hybridized carbons (Fsp3) is 0.667. The second-order valence-corrected chi connectivity index (χ2v) is 7.40. The van der Waals surface area contributed by atoms with E-state index in [1.165, 1.54) is 6.92 Å². The largest absolute Gasteiger partial charge is 0.481 e. The molecule has 4 amide bonds. The minimum atomic E-state index is -1.52. The van der Waals surface area contributed by atoms with Crippen LogP contribution in [0.3, 0.4) is 0 Å². The molecule has 0 rings (SSSR count). The van der Waals surface area contributed by atoms with Gasteiger partial charge in [-0.3, -0.25) is 24.0 Å². The molecule has 0 saturated carbocycles. The Morgan fingerprint density at radius 1 is 0.774 bits per heavy atom. The van der Waals surface area contributed by atoms with E-state index in [9.17, 15) is 33.9 Å². The van der Waals surface area contributed by atoms with E-state index in [4.69, 9.17) is 16.6 Å². The maximum Gasteiger partial charge on any atom is 0.326 e. The summed E-state index contributed by atoms with van der Waals surface area (Å²) in [6.45, 7) is 4.81. The lowest BCUT2D eigenvalue weighted by molar-refractivity contribution is -0.143. The second-order valence-electron chi connectivity index (χ2n) is 7.40. The minimum Gasteiger partial charge on any atom is -0.481 e. The molecular formula is C18H31N5O8. The van der Waals surface area contributed by atoms with Crippen molar-refractivity contribution in [1.82, 2.24) is 16.0 Å². The van der Waals surface area contributed by atoms with Crippen LogP contribution in [0.4, 0.5) is 0 Å². The Kier molecular flexibility index (Phi) is 11.8. The lowest BCUT2D eigenvalue weighted by atomic mass is 10.0. The lowest BCUT2D eigenvalue weighted by Crippen LogP contribution is -2.56. The van der Waals surface area contributed by atoms with E-state index in [0.717, 1.165) is 0 Å². The predicted molar refractivity (Wildman–Crippen MR) is 107 cm³/mol. The van der Waals surface area contributed by atoms with Crippen LogP contribution < -0.4 is 27.4 Å². The van der Waals surface area contributed by atoms with Gasteiger partial charge in [0, 0.05) is 12.8 Å². The Balaban J connectivity index is 5.22. The van der Waals surface area contributed by atoms with Crippen LogP contribution >= 0.6 is 0 Å². The third kappa shape index (κ3) is 10.9. The Labute approximate surface area is 179 Å². The summed E-state index contributed by atoms with van der Waals surface area (Å²) in [6.07, 6.45) is -1.41. The average Bonchev–Trinajstić information content (AvgIpc) is 2.66. The van der Waals surface area contributed by atoms with Gasteiger partial charge in [-0.2, -0.15) is 0 Å². The molecule has 0 heterocycles. The molecule has 0 saturated heterocycles. The second kappa shape index (κ2) is 13.2.